The summed E-state index contributed by atoms with van der Waals surface area (Å²) in [5.74, 6) is 1.93. The maximum absolute atomic E-state index is 13.6. The van der Waals surface area contributed by atoms with E-state index in [1.807, 2.05) is 24.0 Å². The number of piperazine rings is 1. The molecular weight excluding hydrogens is 438 g/mol. The first kappa shape index (κ1) is 25.5. The Morgan fingerprint density at radius 1 is 1.03 bits per heavy atom. The Hall–Kier alpha value is -2.60. The molecule has 2 fully saturated rings. The SMILES string of the molecule is Cc1ccc(CN2C(=O)[C@H](CC(C)C)NC(=O)C23CCN(CCCCCc2ccccc2)CC3)o1. The third-order valence-corrected chi connectivity index (χ3v) is 7.59. The standard InChI is InChI=1S/C29H41N3O3/c1-22(2)20-26-27(33)32(21-25-14-13-23(3)35-25)29(28(34)30-26)15-18-31(19-16-29)17-9-5-8-12-24-10-6-4-7-11-24/h4,6-7,10-11,13-14,22,26H,5,8-9,12,15-21H2,1-3H3,(H,30,34)/t26-/m0/s1. The second-order valence-corrected chi connectivity index (χ2v) is 10.8. The zero-order valence-corrected chi connectivity index (χ0v) is 21.6. The summed E-state index contributed by atoms with van der Waals surface area (Å²) in [4.78, 5) is 31.4. The number of hydrogen-bond donors (Lipinski definition) is 1. The van der Waals surface area contributed by atoms with Crippen molar-refractivity contribution in [2.75, 3.05) is 19.6 Å². The Labute approximate surface area is 210 Å². The van der Waals surface area contributed by atoms with Gasteiger partial charge in [0.1, 0.15) is 23.1 Å². The number of hydrogen-bond acceptors (Lipinski definition) is 4. The average Bonchev–Trinajstić information content (AvgIpc) is 3.26. The number of benzene rings is 1. The summed E-state index contributed by atoms with van der Waals surface area (Å²) in [5, 5.41) is 3.09. The van der Waals surface area contributed by atoms with Crippen LogP contribution in [-0.2, 0) is 22.6 Å². The maximum Gasteiger partial charge on any atom is 0.246 e. The van der Waals surface area contributed by atoms with E-state index >= 15 is 0 Å². The molecule has 0 aliphatic carbocycles. The summed E-state index contributed by atoms with van der Waals surface area (Å²) in [6.07, 6.45) is 6.69. The average molecular weight is 480 g/mol. The van der Waals surface area contributed by atoms with E-state index < -0.39 is 11.6 Å². The van der Waals surface area contributed by atoms with Gasteiger partial charge in [-0.3, -0.25) is 9.59 Å². The monoisotopic (exact) mass is 479 g/mol. The van der Waals surface area contributed by atoms with Crippen molar-refractivity contribution < 1.29 is 14.0 Å². The van der Waals surface area contributed by atoms with E-state index in [-0.39, 0.29) is 11.8 Å². The van der Waals surface area contributed by atoms with Gasteiger partial charge >= 0.3 is 0 Å². The Morgan fingerprint density at radius 3 is 2.43 bits per heavy atom. The fourth-order valence-corrected chi connectivity index (χ4v) is 5.59. The highest BCUT2D eigenvalue weighted by molar-refractivity contribution is 6.00. The van der Waals surface area contributed by atoms with Crippen molar-refractivity contribution in [2.45, 2.75) is 83.8 Å². The number of likely N-dealkylation sites (tertiary alicyclic amines) is 1. The second kappa shape index (κ2) is 11.4. The molecule has 2 aromatic rings. The van der Waals surface area contributed by atoms with Crippen molar-refractivity contribution in [3.05, 3.63) is 59.5 Å². The number of nitrogens with zero attached hydrogens (tertiary/aromatic N) is 2. The molecule has 35 heavy (non-hydrogen) atoms. The quantitative estimate of drug-likeness (QED) is 0.501. The lowest BCUT2D eigenvalue weighted by atomic mass is 9.80. The number of carbonyl (C=O) groups is 2. The van der Waals surface area contributed by atoms with Gasteiger partial charge in [0.15, 0.2) is 0 Å². The summed E-state index contributed by atoms with van der Waals surface area (Å²) in [6.45, 7) is 9.15. The summed E-state index contributed by atoms with van der Waals surface area (Å²) in [5.41, 5.74) is 0.623. The van der Waals surface area contributed by atoms with Crippen LogP contribution in [0.25, 0.3) is 0 Å². The molecule has 1 N–H and O–H groups in total. The second-order valence-electron chi connectivity index (χ2n) is 10.8. The van der Waals surface area contributed by atoms with Crippen molar-refractivity contribution in [3.8, 4) is 0 Å². The van der Waals surface area contributed by atoms with Crippen LogP contribution in [0, 0.1) is 12.8 Å². The fourth-order valence-electron chi connectivity index (χ4n) is 5.59. The molecule has 0 unspecified atom stereocenters. The third kappa shape index (κ3) is 6.16. The lowest BCUT2D eigenvalue weighted by Crippen LogP contribution is -2.72. The van der Waals surface area contributed by atoms with Crippen LogP contribution in [0.5, 0.6) is 0 Å². The van der Waals surface area contributed by atoms with Crippen LogP contribution in [0.15, 0.2) is 46.9 Å². The third-order valence-electron chi connectivity index (χ3n) is 7.59. The minimum Gasteiger partial charge on any atom is -0.464 e. The Morgan fingerprint density at radius 2 is 1.77 bits per heavy atom. The molecule has 2 saturated heterocycles. The number of unbranched alkanes of at least 4 members (excludes halogenated alkanes) is 2. The van der Waals surface area contributed by atoms with E-state index in [0.29, 0.717) is 31.7 Å². The molecule has 0 radical (unpaired) electrons. The van der Waals surface area contributed by atoms with E-state index in [2.05, 4.69) is 54.4 Å². The number of furan rings is 1. The Bertz CT molecular complexity index is 976. The predicted molar refractivity (Wildman–Crippen MR) is 138 cm³/mol. The molecule has 2 amide bonds. The Kier molecular flexibility index (Phi) is 8.32. The zero-order valence-electron chi connectivity index (χ0n) is 21.6. The van der Waals surface area contributed by atoms with Gasteiger partial charge in [0.2, 0.25) is 11.8 Å². The molecular formula is C29H41N3O3. The number of rotatable bonds is 10. The van der Waals surface area contributed by atoms with E-state index in [1.165, 1.54) is 18.4 Å². The van der Waals surface area contributed by atoms with Gasteiger partial charge in [0.25, 0.3) is 0 Å². The van der Waals surface area contributed by atoms with Gasteiger partial charge in [-0.2, -0.15) is 0 Å². The van der Waals surface area contributed by atoms with Gasteiger partial charge in [-0.05, 0) is 75.6 Å². The van der Waals surface area contributed by atoms with Crippen molar-refractivity contribution >= 4 is 11.8 Å². The number of piperidine rings is 1. The lowest BCUT2D eigenvalue weighted by Gasteiger charge is -2.51. The first-order valence-electron chi connectivity index (χ1n) is 13.3. The van der Waals surface area contributed by atoms with Gasteiger partial charge in [0.05, 0.1) is 6.54 Å². The number of carbonyl (C=O) groups excluding carboxylic acids is 2. The van der Waals surface area contributed by atoms with Crippen LogP contribution < -0.4 is 5.32 Å². The molecule has 2 aliphatic rings. The molecule has 1 spiro atoms. The topological polar surface area (TPSA) is 65.8 Å². The fraction of sp³-hybridized carbons (Fsp3) is 0.586. The van der Waals surface area contributed by atoms with Crippen LogP contribution in [0.4, 0.5) is 0 Å². The molecule has 3 heterocycles. The minimum atomic E-state index is -0.783. The summed E-state index contributed by atoms with van der Waals surface area (Å²) in [6, 6.07) is 14.1. The highest BCUT2D eigenvalue weighted by Gasteiger charge is 2.53. The smallest absolute Gasteiger partial charge is 0.246 e. The van der Waals surface area contributed by atoms with E-state index in [9.17, 15) is 9.59 Å². The Balaban J connectivity index is 1.35. The molecule has 190 valence electrons. The lowest BCUT2D eigenvalue weighted by molar-refractivity contribution is -0.163. The van der Waals surface area contributed by atoms with Crippen molar-refractivity contribution in [1.29, 1.82) is 0 Å². The number of aryl methyl sites for hydroxylation is 2. The highest BCUT2D eigenvalue weighted by Crippen LogP contribution is 2.35. The molecule has 0 saturated carbocycles. The van der Waals surface area contributed by atoms with Crippen molar-refractivity contribution in [2.24, 2.45) is 5.92 Å². The molecule has 2 aliphatic heterocycles. The molecule has 4 rings (SSSR count). The van der Waals surface area contributed by atoms with E-state index in [1.54, 1.807) is 0 Å². The van der Waals surface area contributed by atoms with Gasteiger partial charge in [-0.1, -0.05) is 50.6 Å². The molecule has 6 nitrogen and oxygen atoms in total. The van der Waals surface area contributed by atoms with Gasteiger partial charge < -0.3 is 19.5 Å². The van der Waals surface area contributed by atoms with Crippen LogP contribution in [0.1, 0.15) is 69.5 Å². The van der Waals surface area contributed by atoms with Crippen molar-refractivity contribution in [1.82, 2.24) is 15.1 Å². The van der Waals surface area contributed by atoms with Gasteiger partial charge in [-0.15, -0.1) is 0 Å². The van der Waals surface area contributed by atoms with E-state index in [0.717, 1.165) is 44.0 Å². The van der Waals surface area contributed by atoms with Crippen LogP contribution >= 0.6 is 0 Å². The molecule has 6 heteroatoms. The van der Waals surface area contributed by atoms with E-state index in [4.69, 9.17) is 4.42 Å². The molecule has 1 atom stereocenters. The first-order valence-corrected chi connectivity index (χ1v) is 13.3. The van der Waals surface area contributed by atoms with Gasteiger partial charge in [-0.25, -0.2) is 0 Å². The number of nitrogens with one attached hydrogen (secondary N) is 1. The number of amides is 2. The minimum absolute atomic E-state index is 0.00791. The molecule has 1 aromatic heterocycles. The zero-order chi connectivity index (χ0) is 24.8. The predicted octanol–water partition coefficient (Wildman–Crippen LogP) is 4.71. The van der Waals surface area contributed by atoms with Crippen LogP contribution in [0.3, 0.4) is 0 Å². The van der Waals surface area contributed by atoms with Crippen molar-refractivity contribution in [3.63, 3.8) is 0 Å². The summed E-state index contributed by atoms with van der Waals surface area (Å²) >= 11 is 0. The van der Waals surface area contributed by atoms with Crippen LogP contribution in [-0.4, -0.2) is 52.8 Å². The van der Waals surface area contributed by atoms with Crippen LogP contribution in [0.2, 0.25) is 0 Å². The largest absolute Gasteiger partial charge is 0.464 e. The summed E-state index contributed by atoms with van der Waals surface area (Å²) < 4.78 is 5.81. The first-order chi connectivity index (χ1) is 16.9. The summed E-state index contributed by atoms with van der Waals surface area (Å²) in [7, 11) is 0. The highest BCUT2D eigenvalue weighted by atomic mass is 16.3. The normalized spacial score (nSPS) is 20.6. The van der Waals surface area contributed by atoms with Gasteiger partial charge in [0, 0.05) is 13.1 Å². The molecule has 0 bridgehead atoms. The molecule has 1 aromatic carbocycles. The maximum atomic E-state index is 13.6.